The number of amides is 2. The van der Waals surface area contributed by atoms with Gasteiger partial charge < -0.3 is 15.9 Å². The van der Waals surface area contributed by atoms with Crippen molar-refractivity contribution in [3.8, 4) is 0 Å². The minimum absolute atomic E-state index is 0.298. The molecule has 3 rings (SSSR count). The van der Waals surface area contributed by atoms with E-state index >= 15 is 0 Å². The van der Waals surface area contributed by atoms with Crippen LogP contribution in [0.15, 0.2) is 46.0 Å². The number of thiophene rings is 1. The number of nitrogens with one attached hydrogen (secondary N) is 1. The van der Waals surface area contributed by atoms with Gasteiger partial charge in [0.2, 0.25) is 12.0 Å². The van der Waals surface area contributed by atoms with Gasteiger partial charge in [-0.3, -0.25) is 9.59 Å². The molecule has 0 aliphatic carbocycles. The lowest BCUT2D eigenvalue weighted by molar-refractivity contribution is -0.134. The SMILES string of the molecule is NC(=O)[C@H](NC(=O)[C@@H]1CC(c2ccc(Cl)s2)=NO1)c1cccc(Br)c1. The third-order valence-corrected chi connectivity index (χ3v) is 5.35. The van der Waals surface area contributed by atoms with Crippen molar-refractivity contribution in [2.75, 3.05) is 0 Å². The summed E-state index contributed by atoms with van der Waals surface area (Å²) in [6, 6.07) is 9.64. The summed E-state index contributed by atoms with van der Waals surface area (Å²) in [5.74, 6) is -1.11. The molecule has 0 unspecified atom stereocenters. The summed E-state index contributed by atoms with van der Waals surface area (Å²) in [5, 5.41) is 6.57. The zero-order valence-electron chi connectivity index (χ0n) is 12.7. The van der Waals surface area contributed by atoms with Crippen LogP contribution in [0.5, 0.6) is 0 Å². The molecule has 25 heavy (non-hydrogen) atoms. The second kappa shape index (κ2) is 7.55. The van der Waals surface area contributed by atoms with E-state index in [9.17, 15) is 9.59 Å². The normalized spacial score (nSPS) is 17.5. The van der Waals surface area contributed by atoms with Crippen LogP contribution in [-0.4, -0.2) is 23.6 Å². The van der Waals surface area contributed by atoms with Crippen LogP contribution in [0.4, 0.5) is 0 Å². The molecule has 1 aromatic carbocycles. The van der Waals surface area contributed by atoms with Gasteiger partial charge in [-0.05, 0) is 29.8 Å². The highest BCUT2D eigenvalue weighted by atomic mass is 79.9. The van der Waals surface area contributed by atoms with E-state index in [1.807, 2.05) is 12.1 Å². The van der Waals surface area contributed by atoms with Crippen LogP contribution in [0.1, 0.15) is 22.9 Å². The summed E-state index contributed by atoms with van der Waals surface area (Å²) in [6.07, 6.45) is -0.517. The van der Waals surface area contributed by atoms with Crippen molar-refractivity contribution in [2.24, 2.45) is 10.9 Å². The second-order valence-electron chi connectivity index (χ2n) is 5.34. The summed E-state index contributed by atoms with van der Waals surface area (Å²) < 4.78 is 1.41. The molecule has 0 fully saturated rings. The fourth-order valence-corrected chi connectivity index (χ4v) is 3.82. The van der Waals surface area contributed by atoms with Gasteiger partial charge in [-0.1, -0.05) is 44.8 Å². The minimum Gasteiger partial charge on any atom is -0.382 e. The van der Waals surface area contributed by atoms with Gasteiger partial charge in [0.05, 0.1) is 9.21 Å². The molecule has 1 aliphatic rings. The number of benzene rings is 1. The number of nitrogens with zero attached hydrogens (tertiary/aromatic N) is 1. The minimum atomic E-state index is -0.950. The van der Waals surface area contributed by atoms with Gasteiger partial charge in [0.25, 0.3) is 5.91 Å². The Morgan fingerprint density at radius 2 is 2.20 bits per heavy atom. The van der Waals surface area contributed by atoms with Gasteiger partial charge in [-0.2, -0.15) is 0 Å². The third-order valence-electron chi connectivity index (χ3n) is 3.57. The Balaban J connectivity index is 1.68. The largest absolute Gasteiger partial charge is 0.382 e. The average Bonchev–Trinajstić information content (AvgIpc) is 3.20. The molecule has 2 amide bonds. The molecule has 0 bridgehead atoms. The lowest BCUT2D eigenvalue weighted by atomic mass is 10.1. The smallest absolute Gasteiger partial charge is 0.265 e. The van der Waals surface area contributed by atoms with E-state index < -0.39 is 24.0 Å². The molecule has 6 nitrogen and oxygen atoms in total. The molecule has 2 atom stereocenters. The Kier molecular flexibility index (Phi) is 5.41. The molecule has 0 spiro atoms. The summed E-state index contributed by atoms with van der Waals surface area (Å²) in [5.41, 5.74) is 6.67. The topological polar surface area (TPSA) is 93.8 Å². The Morgan fingerprint density at radius 1 is 1.40 bits per heavy atom. The van der Waals surface area contributed by atoms with Gasteiger partial charge in [0.1, 0.15) is 11.8 Å². The Bertz CT molecular complexity index is 855. The Hall–Kier alpha value is -1.90. The van der Waals surface area contributed by atoms with Crippen LogP contribution in [0, 0.1) is 0 Å². The van der Waals surface area contributed by atoms with E-state index in [0.717, 1.165) is 9.35 Å². The molecular weight excluding hydrogens is 430 g/mol. The Morgan fingerprint density at radius 3 is 2.84 bits per heavy atom. The predicted molar refractivity (Wildman–Crippen MR) is 99.6 cm³/mol. The highest BCUT2D eigenvalue weighted by Gasteiger charge is 2.32. The standard InChI is InChI=1S/C16H13BrClN3O3S/c17-9-3-1-2-8(6-9)14(15(19)22)20-16(23)11-7-10(21-24-11)12-4-5-13(18)25-12/h1-6,11,14H,7H2,(H2,19,22)(H,20,23)/t11-,14+/m0/s1. The zero-order chi connectivity index (χ0) is 18.0. The number of hydrogen-bond donors (Lipinski definition) is 2. The number of oxime groups is 1. The monoisotopic (exact) mass is 441 g/mol. The Labute approximate surface area is 161 Å². The van der Waals surface area contributed by atoms with Gasteiger partial charge in [-0.15, -0.1) is 11.3 Å². The number of rotatable bonds is 5. The molecule has 0 saturated heterocycles. The summed E-state index contributed by atoms with van der Waals surface area (Å²) in [4.78, 5) is 30.3. The third kappa shape index (κ3) is 4.20. The first-order valence-corrected chi connectivity index (χ1v) is 9.26. The summed E-state index contributed by atoms with van der Waals surface area (Å²) in [7, 11) is 0. The molecule has 3 N–H and O–H groups in total. The predicted octanol–water partition coefficient (Wildman–Crippen LogP) is 3.00. The molecule has 9 heteroatoms. The molecular formula is C16H13BrClN3O3S. The number of carbonyl (C=O) groups excluding carboxylic acids is 2. The number of carbonyl (C=O) groups is 2. The van der Waals surface area contributed by atoms with Crippen LogP contribution in [0.2, 0.25) is 4.34 Å². The van der Waals surface area contributed by atoms with Crippen molar-refractivity contribution in [2.45, 2.75) is 18.6 Å². The average molecular weight is 443 g/mol. The van der Waals surface area contributed by atoms with Crippen molar-refractivity contribution in [1.82, 2.24) is 5.32 Å². The first kappa shape index (κ1) is 17.9. The second-order valence-corrected chi connectivity index (χ2v) is 7.97. The lowest BCUT2D eigenvalue weighted by Crippen LogP contribution is -2.42. The first-order chi connectivity index (χ1) is 11.9. The summed E-state index contributed by atoms with van der Waals surface area (Å²) in [6.45, 7) is 0. The van der Waals surface area contributed by atoms with Crippen molar-refractivity contribution >= 4 is 56.4 Å². The van der Waals surface area contributed by atoms with Gasteiger partial charge in [-0.25, -0.2) is 0 Å². The van der Waals surface area contributed by atoms with Crippen LogP contribution in [0.25, 0.3) is 0 Å². The van der Waals surface area contributed by atoms with Crippen molar-refractivity contribution in [1.29, 1.82) is 0 Å². The van der Waals surface area contributed by atoms with E-state index in [1.165, 1.54) is 11.3 Å². The van der Waals surface area contributed by atoms with Crippen molar-refractivity contribution in [3.63, 3.8) is 0 Å². The number of primary amides is 1. The maximum absolute atomic E-state index is 12.4. The maximum Gasteiger partial charge on any atom is 0.265 e. The first-order valence-electron chi connectivity index (χ1n) is 7.27. The van der Waals surface area contributed by atoms with Gasteiger partial charge >= 0.3 is 0 Å². The number of halogens is 2. The van der Waals surface area contributed by atoms with E-state index in [1.54, 1.807) is 24.3 Å². The molecule has 0 saturated carbocycles. The molecule has 2 aromatic rings. The van der Waals surface area contributed by atoms with Gasteiger partial charge in [0.15, 0.2) is 0 Å². The van der Waals surface area contributed by atoms with Crippen molar-refractivity contribution in [3.05, 3.63) is 55.6 Å². The fourth-order valence-electron chi connectivity index (χ4n) is 2.37. The molecule has 130 valence electrons. The highest BCUT2D eigenvalue weighted by molar-refractivity contribution is 9.10. The quantitative estimate of drug-likeness (QED) is 0.745. The maximum atomic E-state index is 12.4. The van der Waals surface area contributed by atoms with E-state index in [0.29, 0.717) is 22.0 Å². The molecule has 2 heterocycles. The van der Waals surface area contributed by atoms with Crippen LogP contribution >= 0.6 is 38.9 Å². The highest BCUT2D eigenvalue weighted by Crippen LogP contribution is 2.27. The van der Waals surface area contributed by atoms with E-state index in [4.69, 9.17) is 22.2 Å². The van der Waals surface area contributed by atoms with Crippen LogP contribution in [-0.2, 0) is 14.4 Å². The van der Waals surface area contributed by atoms with Crippen LogP contribution < -0.4 is 11.1 Å². The summed E-state index contributed by atoms with van der Waals surface area (Å²) >= 11 is 10.6. The van der Waals surface area contributed by atoms with Crippen molar-refractivity contribution < 1.29 is 14.4 Å². The molecule has 1 aromatic heterocycles. The molecule has 0 radical (unpaired) electrons. The zero-order valence-corrected chi connectivity index (χ0v) is 15.9. The van der Waals surface area contributed by atoms with Gasteiger partial charge in [0, 0.05) is 10.9 Å². The lowest BCUT2D eigenvalue weighted by Gasteiger charge is -2.18. The van der Waals surface area contributed by atoms with E-state index in [2.05, 4.69) is 26.4 Å². The van der Waals surface area contributed by atoms with Crippen LogP contribution in [0.3, 0.4) is 0 Å². The van der Waals surface area contributed by atoms with E-state index in [-0.39, 0.29) is 0 Å². The number of nitrogens with two attached hydrogens (primary N) is 1. The fraction of sp³-hybridized carbons (Fsp3) is 0.188. The molecule has 1 aliphatic heterocycles. The number of hydrogen-bond acceptors (Lipinski definition) is 5.